The molecular formula is C30H41ClO4S3Si. The largest absolute Gasteiger partial charge is 0.468 e. The predicted octanol–water partition coefficient (Wildman–Crippen LogP) is 8.59. The summed E-state index contributed by atoms with van der Waals surface area (Å²) in [7, 11) is -0.601. The van der Waals surface area contributed by atoms with Crippen LogP contribution in [-0.2, 0) is 25.2 Å². The van der Waals surface area contributed by atoms with E-state index in [1.54, 1.807) is 40.9 Å². The monoisotopic (exact) mass is 624 g/mol. The van der Waals surface area contributed by atoms with E-state index in [1.165, 1.54) is 16.7 Å². The lowest BCUT2D eigenvalue weighted by Crippen LogP contribution is -2.43. The summed E-state index contributed by atoms with van der Waals surface area (Å²) >= 11 is 11.8. The van der Waals surface area contributed by atoms with E-state index < -0.39 is 8.32 Å². The van der Waals surface area contributed by atoms with E-state index in [0.717, 1.165) is 41.2 Å². The van der Waals surface area contributed by atoms with Gasteiger partial charge in [0.2, 0.25) is 0 Å². The van der Waals surface area contributed by atoms with Crippen molar-refractivity contribution in [3.63, 3.8) is 0 Å². The molecule has 3 rings (SSSR count). The molecule has 1 aromatic heterocycles. The van der Waals surface area contributed by atoms with Crippen molar-refractivity contribution in [1.82, 2.24) is 0 Å². The summed E-state index contributed by atoms with van der Waals surface area (Å²) in [5.41, 5.74) is 0. The number of carbonyl (C=O) groups is 2. The average Bonchev–Trinajstić information content (AvgIpc) is 3.40. The molecule has 1 aliphatic rings. The minimum atomic E-state index is -2.01. The third-order valence-corrected chi connectivity index (χ3v) is 16.1. The summed E-state index contributed by atoms with van der Waals surface area (Å²) in [6.07, 6.45) is 10.7. The standard InChI is InChI=1S/C30H41ClO4S3Si/c1-30(2,3)39(5,6)35-22(15-17-26-28(31)23-10-7-8-11-25(23)38-26)14-12-21-13-16-24(32)29(21)37-19-9-18-36-20-27(33)34-4/h7-8,10-14,16,21-22,29H,9,15,17-20H2,1-6H3/b14-12+/t21?,22?,29-/m1/s1. The van der Waals surface area contributed by atoms with Crippen molar-refractivity contribution in [2.75, 3.05) is 24.4 Å². The quantitative estimate of drug-likeness (QED) is 0.0908. The zero-order valence-electron chi connectivity index (χ0n) is 23.8. The van der Waals surface area contributed by atoms with Crippen LogP contribution >= 0.6 is 46.5 Å². The molecule has 0 aliphatic heterocycles. The Morgan fingerprint density at radius 2 is 1.97 bits per heavy atom. The number of esters is 1. The molecule has 1 heterocycles. The molecule has 4 nitrogen and oxygen atoms in total. The summed E-state index contributed by atoms with van der Waals surface area (Å²) in [5.74, 6) is 2.17. The molecule has 2 aromatic rings. The van der Waals surface area contributed by atoms with E-state index >= 15 is 0 Å². The second-order valence-corrected chi connectivity index (χ2v) is 19.9. The van der Waals surface area contributed by atoms with Gasteiger partial charge in [0, 0.05) is 20.9 Å². The van der Waals surface area contributed by atoms with Crippen LogP contribution in [0.1, 0.15) is 38.5 Å². The van der Waals surface area contributed by atoms with Crippen molar-refractivity contribution >= 4 is 76.6 Å². The van der Waals surface area contributed by atoms with Crippen molar-refractivity contribution in [1.29, 1.82) is 0 Å². The summed E-state index contributed by atoms with van der Waals surface area (Å²) in [4.78, 5) is 25.1. The van der Waals surface area contributed by atoms with E-state index in [4.69, 9.17) is 16.0 Å². The van der Waals surface area contributed by atoms with Crippen LogP contribution < -0.4 is 0 Å². The lowest BCUT2D eigenvalue weighted by Gasteiger charge is -2.38. The maximum atomic E-state index is 12.6. The Hall–Kier alpha value is -1.03. The summed E-state index contributed by atoms with van der Waals surface area (Å²) < 4.78 is 12.8. The molecule has 0 bridgehead atoms. The number of rotatable bonds is 14. The molecule has 1 aliphatic carbocycles. The second-order valence-electron chi connectivity index (χ2n) is 11.3. The highest BCUT2D eigenvalue weighted by molar-refractivity contribution is 8.01. The number of thiophene rings is 1. The highest BCUT2D eigenvalue weighted by Crippen LogP contribution is 2.40. The van der Waals surface area contributed by atoms with Crippen LogP contribution in [0.4, 0.5) is 0 Å². The number of hydrogen-bond donors (Lipinski definition) is 0. The number of allylic oxidation sites excluding steroid dienone is 3. The molecule has 3 atom stereocenters. The lowest BCUT2D eigenvalue weighted by molar-refractivity contribution is -0.137. The Kier molecular flexibility index (Phi) is 12.3. The van der Waals surface area contributed by atoms with E-state index in [9.17, 15) is 9.59 Å². The van der Waals surface area contributed by atoms with Gasteiger partial charge in [0.05, 0.1) is 29.2 Å². The van der Waals surface area contributed by atoms with Crippen molar-refractivity contribution in [3.05, 3.63) is 58.5 Å². The van der Waals surface area contributed by atoms with Gasteiger partial charge in [0.1, 0.15) is 0 Å². The summed E-state index contributed by atoms with van der Waals surface area (Å²) in [6.45, 7) is 11.4. The fraction of sp³-hybridized carbons (Fsp3) is 0.533. The summed E-state index contributed by atoms with van der Waals surface area (Å²) in [6, 6.07) is 8.29. The molecule has 214 valence electrons. The number of ether oxygens (including phenoxy) is 1. The number of methoxy groups -OCH3 is 1. The lowest BCUT2D eigenvalue weighted by atomic mass is 10.1. The predicted molar refractivity (Wildman–Crippen MR) is 174 cm³/mol. The molecule has 0 saturated heterocycles. The van der Waals surface area contributed by atoms with E-state index in [0.29, 0.717) is 5.75 Å². The number of hydrogen-bond acceptors (Lipinski definition) is 7. The van der Waals surface area contributed by atoms with E-state index in [1.807, 2.05) is 12.1 Å². The fourth-order valence-electron chi connectivity index (χ4n) is 4.04. The summed E-state index contributed by atoms with van der Waals surface area (Å²) in [5, 5.41) is 1.98. The van der Waals surface area contributed by atoms with Crippen molar-refractivity contribution < 1.29 is 18.8 Å². The Balaban J connectivity index is 1.65. The Labute approximate surface area is 252 Å². The molecule has 0 saturated carbocycles. The fourth-order valence-corrected chi connectivity index (χ4v) is 9.06. The maximum absolute atomic E-state index is 12.6. The number of halogens is 1. The minimum Gasteiger partial charge on any atom is -0.468 e. The molecular weight excluding hydrogens is 584 g/mol. The van der Waals surface area contributed by atoms with Crippen molar-refractivity contribution in [3.8, 4) is 0 Å². The number of thioether (sulfide) groups is 2. The van der Waals surface area contributed by atoms with Gasteiger partial charge in [-0.05, 0) is 61.0 Å². The van der Waals surface area contributed by atoms with Crippen LogP contribution in [0.5, 0.6) is 0 Å². The number of aryl methyl sites for hydroxylation is 1. The van der Waals surface area contributed by atoms with Gasteiger partial charge in [-0.3, -0.25) is 9.59 Å². The Bertz CT molecular complexity index is 1180. The molecule has 9 heteroatoms. The normalized spacial score (nSPS) is 18.9. The Morgan fingerprint density at radius 3 is 2.67 bits per heavy atom. The molecule has 39 heavy (non-hydrogen) atoms. The molecule has 0 fully saturated rings. The van der Waals surface area contributed by atoms with Gasteiger partial charge in [-0.2, -0.15) is 11.8 Å². The Morgan fingerprint density at radius 1 is 1.23 bits per heavy atom. The molecule has 0 radical (unpaired) electrons. The number of ketones is 1. The third-order valence-electron chi connectivity index (χ3n) is 7.35. The van der Waals surface area contributed by atoms with Gasteiger partial charge in [0.15, 0.2) is 14.1 Å². The first kappa shape index (κ1) is 32.5. The van der Waals surface area contributed by atoms with Gasteiger partial charge in [-0.1, -0.05) is 68.8 Å². The molecule has 1 aromatic carbocycles. The minimum absolute atomic E-state index is 0.0448. The van der Waals surface area contributed by atoms with Crippen LogP contribution in [0.3, 0.4) is 0 Å². The van der Waals surface area contributed by atoms with Crippen molar-refractivity contribution in [2.24, 2.45) is 5.92 Å². The number of carbonyl (C=O) groups excluding carboxylic acids is 2. The number of benzene rings is 1. The first-order valence-corrected chi connectivity index (χ1v) is 19.7. The topological polar surface area (TPSA) is 52.6 Å². The van der Waals surface area contributed by atoms with E-state index in [-0.39, 0.29) is 34.1 Å². The average molecular weight is 625 g/mol. The van der Waals surface area contributed by atoms with Gasteiger partial charge in [-0.15, -0.1) is 23.1 Å². The SMILES string of the molecule is COC(=O)CSCCCS[C@H]1C(=O)C=CC1/C=C/C(CCc1sc2ccccc2c1Cl)O[Si](C)(C)C(C)(C)C. The smallest absolute Gasteiger partial charge is 0.315 e. The van der Waals surface area contributed by atoms with Gasteiger partial charge < -0.3 is 9.16 Å². The van der Waals surface area contributed by atoms with Gasteiger partial charge >= 0.3 is 5.97 Å². The zero-order valence-corrected chi connectivity index (χ0v) is 28.0. The highest BCUT2D eigenvalue weighted by atomic mass is 35.5. The highest BCUT2D eigenvalue weighted by Gasteiger charge is 2.39. The van der Waals surface area contributed by atoms with Crippen LogP contribution in [0.2, 0.25) is 23.2 Å². The van der Waals surface area contributed by atoms with Crippen molar-refractivity contribution in [2.45, 2.75) is 69.5 Å². The van der Waals surface area contributed by atoms with Gasteiger partial charge in [0.25, 0.3) is 0 Å². The van der Waals surface area contributed by atoms with Crippen LogP contribution in [0, 0.1) is 5.92 Å². The van der Waals surface area contributed by atoms with Crippen LogP contribution in [-0.4, -0.2) is 55.8 Å². The van der Waals surface area contributed by atoms with Crippen LogP contribution in [0.25, 0.3) is 10.1 Å². The first-order chi connectivity index (χ1) is 18.4. The van der Waals surface area contributed by atoms with Gasteiger partial charge in [-0.25, -0.2) is 0 Å². The maximum Gasteiger partial charge on any atom is 0.315 e. The third kappa shape index (κ3) is 9.23. The first-order valence-electron chi connectivity index (χ1n) is 13.4. The molecule has 0 N–H and O–H groups in total. The number of fused-ring (bicyclic) bond motifs is 1. The second kappa shape index (κ2) is 14.7. The van der Waals surface area contributed by atoms with Crippen LogP contribution in [0.15, 0.2) is 48.6 Å². The molecule has 2 unspecified atom stereocenters. The zero-order chi connectivity index (χ0) is 28.6. The van der Waals surface area contributed by atoms with E-state index in [2.05, 4.69) is 69.0 Å². The molecule has 0 amide bonds. The molecule has 0 spiro atoms.